The molecule has 2 N–H and O–H groups in total. The van der Waals surface area contributed by atoms with Crippen LogP contribution in [-0.2, 0) is 11.3 Å². The zero-order chi connectivity index (χ0) is 26.9. The molecule has 1 amide bonds. The van der Waals surface area contributed by atoms with Crippen LogP contribution in [0.15, 0.2) is 24.4 Å². The average Bonchev–Trinajstić information content (AvgIpc) is 3.18. The van der Waals surface area contributed by atoms with E-state index in [1.807, 2.05) is 18.7 Å². The van der Waals surface area contributed by atoms with Crippen molar-refractivity contribution in [1.82, 2.24) is 19.4 Å². The van der Waals surface area contributed by atoms with E-state index in [0.29, 0.717) is 54.4 Å². The maximum atomic E-state index is 12.6. The van der Waals surface area contributed by atoms with Crippen LogP contribution in [-0.4, -0.2) is 70.1 Å². The molecule has 0 bridgehead atoms. The van der Waals surface area contributed by atoms with Gasteiger partial charge >= 0.3 is 6.36 Å². The van der Waals surface area contributed by atoms with E-state index in [4.69, 9.17) is 9.72 Å². The monoisotopic (exact) mass is 522 g/mol. The number of rotatable bonds is 7. The van der Waals surface area contributed by atoms with Crippen molar-refractivity contribution >= 4 is 28.6 Å². The van der Waals surface area contributed by atoms with Crippen molar-refractivity contribution < 1.29 is 32.5 Å². The number of hydrogen-bond donors (Lipinski definition) is 2. The van der Waals surface area contributed by atoms with Crippen molar-refractivity contribution in [3.63, 3.8) is 0 Å². The molecule has 13 heteroatoms. The van der Waals surface area contributed by atoms with E-state index in [2.05, 4.69) is 15.0 Å². The molecule has 1 fully saturated rings. The lowest BCUT2D eigenvalue weighted by Gasteiger charge is -2.34. The number of hydrogen-bond acceptors (Lipinski definition) is 8. The Kier molecular flexibility index (Phi) is 7.23. The molecule has 0 atom stereocenters. The van der Waals surface area contributed by atoms with E-state index >= 15 is 0 Å². The number of halogens is 3. The fraction of sp³-hybridized carbons (Fsp3) is 0.458. The lowest BCUT2D eigenvalue weighted by atomic mass is 10.2. The van der Waals surface area contributed by atoms with Crippen molar-refractivity contribution in [2.75, 3.05) is 43.5 Å². The summed E-state index contributed by atoms with van der Waals surface area (Å²) in [6.07, 6.45) is -3.05. The number of ether oxygens (including phenoxy) is 2. The molecule has 2 aromatic heterocycles. The molecule has 1 aliphatic heterocycles. The molecule has 0 aliphatic carbocycles. The molecule has 200 valence electrons. The van der Waals surface area contributed by atoms with Gasteiger partial charge < -0.3 is 34.3 Å². The number of methoxy groups -OCH3 is 1. The van der Waals surface area contributed by atoms with Crippen LogP contribution in [0.4, 0.5) is 24.9 Å². The van der Waals surface area contributed by atoms with Gasteiger partial charge in [-0.15, -0.1) is 13.2 Å². The van der Waals surface area contributed by atoms with E-state index in [1.165, 1.54) is 32.2 Å². The minimum absolute atomic E-state index is 0.00491. The zero-order valence-corrected chi connectivity index (χ0v) is 21.0. The fourth-order valence-electron chi connectivity index (χ4n) is 4.21. The van der Waals surface area contributed by atoms with Gasteiger partial charge in [-0.3, -0.25) is 4.79 Å². The Morgan fingerprint density at radius 2 is 1.89 bits per heavy atom. The molecule has 1 saturated heterocycles. The van der Waals surface area contributed by atoms with Crippen LogP contribution in [0, 0.1) is 0 Å². The quantitative estimate of drug-likeness (QED) is 0.482. The number of carbonyl (C=O) groups excluding carboxylic acids is 1. The number of anilines is 2. The standard InChI is InChI=1S/C24H29F3N6O4/c1-14(2)33-13-18-20(22(33)35)29-23(32-9-7-31(8-10-32)15(3)34)30-21(18)28-12-16-5-6-17(11-19(16)36-4)37-24(25,26)27/h5-6,11,13-14,35H,7-10,12H2,1-4H3,(H,28,29,30). The van der Waals surface area contributed by atoms with Gasteiger partial charge in [0.2, 0.25) is 17.7 Å². The predicted octanol–water partition coefficient (Wildman–Crippen LogP) is 3.91. The molecule has 3 aromatic rings. The lowest BCUT2D eigenvalue weighted by Crippen LogP contribution is -2.48. The van der Waals surface area contributed by atoms with Gasteiger partial charge in [0.05, 0.1) is 12.5 Å². The third kappa shape index (κ3) is 5.75. The van der Waals surface area contributed by atoms with Gasteiger partial charge in [-0.2, -0.15) is 4.98 Å². The third-order valence-electron chi connectivity index (χ3n) is 6.16. The Hall–Kier alpha value is -3.90. The van der Waals surface area contributed by atoms with Crippen LogP contribution in [0.3, 0.4) is 0 Å². The van der Waals surface area contributed by atoms with Gasteiger partial charge in [0.15, 0.2) is 0 Å². The van der Waals surface area contributed by atoms with Crippen LogP contribution in [0.25, 0.3) is 10.9 Å². The van der Waals surface area contributed by atoms with Crippen LogP contribution in [0.2, 0.25) is 0 Å². The van der Waals surface area contributed by atoms with E-state index in [9.17, 15) is 23.1 Å². The topological polar surface area (TPSA) is 105 Å². The molecular weight excluding hydrogens is 493 g/mol. The van der Waals surface area contributed by atoms with Gasteiger partial charge in [0.25, 0.3) is 0 Å². The van der Waals surface area contributed by atoms with Gasteiger partial charge in [-0.05, 0) is 26.0 Å². The molecule has 0 radical (unpaired) electrons. The number of alkyl halides is 3. The largest absolute Gasteiger partial charge is 0.573 e. The van der Waals surface area contributed by atoms with Gasteiger partial charge in [-0.25, -0.2) is 4.98 Å². The van der Waals surface area contributed by atoms with Crippen molar-refractivity contribution in [3.05, 3.63) is 30.0 Å². The molecule has 3 heterocycles. The number of benzene rings is 1. The van der Waals surface area contributed by atoms with Crippen molar-refractivity contribution in [2.24, 2.45) is 0 Å². The summed E-state index contributed by atoms with van der Waals surface area (Å²) in [5.41, 5.74) is 0.948. The smallest absolute Gasteiger partial charge is 0.496 e. The molecule has 1 aromatic carbocycles. The summed E-state index contributed by atoms with van der Waals surface area (Å²) in [6, 6.07) is 3.82. The minimum atomic E-state index is -4.81. The molecular formula is C24H29F3N6O4. The molecule has 37 heavy (non-hydrogen) atoms. The van der Waals surface area contributed by atoms with E-state index < -0.39 is 6.36 Å². The highest BCUT2D eigenvalue weighted by Crippen LogP contribution is 2.35. The number of carbonyl (C=O) groups is 1. The normalized spacial score (nSPS) is 14.4. The lowest BCUT2D eigenvalue weighted by molar-refractivity contribution is -0.274. The third-order valence-corrected chi connectivity index (χ3v) is 6.16. The summed E-state index contributed by atoms with van der Waals surface area (Å²) >= 11 is 0. The number of nitrogens with zero attached hydrogens (tertiary/aromatic N) is 5. The Labute approximate surface area is 211 Å². The molecule has 0 unspecified atom stereocenters. The van der Waals surface area contributed by atoms with Gasteiger partial charge in [0, 0.05) is 63.5 Å². The highest BCUT2D eigenvalue weighted by molar-refractivity contribution is 5.94. The maximum Gasteiger partial charge on any atom is 0.573 e. The predicted molar refractivity (Wildman–Crippen MR) is 131 cm³/mol. The summed E-state index contributed by atoms with van der Waals surface area (Å²) in [5, 5.41) is 14.7. The van der Waals surface area contributed by atoms with E-state index in [1.54, 1.807) is 15.7 Å². The van der Waals surface area contributed by atoms with Crippen LogP contribution >= 0.6 is 0 Å². The summed E-state index contributed by atoms with van der Waals surface area (Å²) < 4.78 is 48.8. The van der Waals surface area contributed by atoms with Gasteiger partial charge in [0.1, 0.15) is 22.8 Å². The zero-order valence-electron chi connectivity index (χ0n) is 21.0. The van der Waals surface area contributed by atoms with Crippen LogP contribution in [0.1, 0.15) is 32.4 Å². The number of nitrogens with one attached hydrogen (secondary N) is 1. The second-order valence-corrected chi connectivity index (χ2v) is 8.96. The second kappa shape index (κ2) is 10.2. The summed E-state index contributed by atoms with van der Waals surface area (Å²) in [4.78, 5) is 24.7. The molecule has 0 saturated carbocycles. The number of amides is 1. The Morgan fingerprint density at radius 1 is 1.19 bits per heavy atom. The summed E-state index contributed by atoms with van der Waals surface area (Å²) in [6.45, 7) is 7.68. The molecule has 1 aliphatic rings. The Balaban J connectivity index is 1.65. The highest BCUT2D eigenvalue weighted by Gasteiger charge is 2.31. The maximum absolute atomic E-state index is 12.6. The van der Waals surface area contributed by atoms with Crippen LogP contribution < -0.4 is 19.7 Å². The first-order valence-electron chi connectivity index (χ1n) is 11.8. The first-order valence-corrected chi connectivity index (χ1v) is 11.8. The Bertz CT molecular complexity index is 1290. The fourth-order valence-corrected chi connectivity index (χ4v) is 4.21. The highest BCUT2D eigenvalue weighted by atomic mass is 19.4. The average molecular weight is 523 g/mol. The van der Waals surface area contributed by atoms with E-state index in [-0.39, 0.29) is 35.9 Å². The van der Waals surface area contributed by atoms with E-state index in [0.717, 1.165) is 0 Å². The summed E-state index contributed by atoms with van der Waals surface area (Å²) in [7, 11) is 1.36. The Morgan fingerprint density at radius 3 is 2.49 bits per heavy atom. The second-order valence-electron chi connectivity index (χ2n) is 8.96. The summed E-state index contributed by atoms with van der Waals surface area (Å²) in [5.74, 6) is 0.680. The molecule has 10 nitrogen and oxygen atoms in total. The molecule has 4 rings (SSSR count). The number of aromatic hydroxyl groups is 1. The first-order chi connectivity index (χ1) is 17.5. The number of fused-ring (bicyclic) bond motifs is 1. The van der Waals surface area contributed by atoms with Crippen molar-refractivity contribution in [2.45, 2.75) is 39.7 Å². The SMILES string of the molecule is COc1cc(OC(F)(F)F)ccc1CNc1nc(N2CCN(C(C)=O)CC2)nc2c(O)n(C(C)C)cc12. The first kappa shape index (κ1) is 26.2. The number of aromatic nitrogens is 3. The number of piperazine rings is 1. The van der Waals surface area contributed by atoms with Crippen LogP contribution in [0.5, 0.6) is 17.4 Å². The minimum Gasteiger partial charge on any atom is -0.496 e. The van der Waals surface area contributed by atoms with Crippen molar-refractivity contribution in [1.29, 1.82) is 0 Å². The van der Waals surface area contributed by atoms with Crippen molar-refractivity contribution in [3.8, 4) is 17.4 Å². The van der Waals surface area contributed by atoms with Gasteiger partial charge in [-0.1, -0.05) is 0 Å². The molecule has 0 spiro atoms.